The van der Waals surface area contributed by atoms with Crippen molar-refractivity contribution in [2.24, 2.45) is 0 Å². The van der Waals surface area contributed by atoms with Crippen LogP contribution in [0.15, 0.2) is 103 Å². The molecular formula is C28H22N4O. The van der Waals surface area contributed by atoms with Gasteiger partial charge in [-0.05, 0) is 60.2 Å². The molecule has 0 radical (unpaired) electrons. The molecule has 1 aromatic heterocycles. The van der Waals surface area contributed by atoms with Crippen molar-refractivity contribution < 1.29 is 4.79 Å². The molecule has 5 heteroatoms. The van der Waals surface area contributed by atoms with E-state index in [2.05, 4.69) is 39.0 Å². The quantitative estimate of drug-likeness (QED) is 0.280. The van der Waals surface area contributed by atoms with Crippen molar-refractivity contribution in [2.75, 3.05) is 10.6 Å². The Hall–Kier alpha value is -4.64. The SMILES string of the molecule is O=C(Nc1cccc(Nc2ccc3c(/C=C/c4ccccc4)n[nH]c3c2)c1)c1ccccc1. The molecule has 33 heavy (non-hydrogen) atoms. The van der Waals surface area contributed by atoms with Crippen LogP contribution >= 0.6 is 0 Å². The highest BCUT2D eigenvalue weighted by molar-refractivity contribution is 6.04. The maximum Gasteiger partial charge on any atom is 0.255 e. The van der Waals surface area contributed by atoms with Crippen LogP contribution in [-0.4, -0.2) is 16.1 Å². The van der Waals surface area contributed by atoms with Crippen molar-refractivity contribution in [2.45, 2.75) is 0 Å². The molecule has 0 fully saturated rings. The first-order valence-corrected chi connectivity index (χ1v) is 10.7. The van der Waals surface area contributed by atoms with Gasteiger partial charge in [0.25, 0.3) is 5.91 Å². The van der Waals surface area contributed by atoms with Crippen LogP contribution in [0.2, 0.25) is 0 Å². The maximum atomic E-state index is 12.4. The first-order valence-electron chi connectivity index (χ1n) is 10.7. The average Bonchev–Trinajstić information content (AvgIpc) is 3.26. The molecule has 160 valence electrons. The molecule has 4 aromatic carbocycles. The van der Waals surface area contributed by atoms with Gasteiger partial charge in [0.2, 0.25) is 0 Å². The number of nitrogens with one attached hydrogen (secondary N) is 3. The van der Waals surface area contributed by atoms with Gasteiger partial charge in [-0.3, -0.25) is 9.89 Å². The molecule has 0 aliphatic rings. The van der Waals surface area contributed by atoms with Gasteiger partial charge >= 0.3 is 0 Å². The Morgan fingerprint density at radius 2 is 1.45 bits per heavy atom. The number of H-pyrrole nitrogens is 1. The third kappa shape index (κ3) is 4.83. The number of rotatable bonds is 6. The highest BCUT2D eigenvalue weighted by atomic mass is 16.1. The van der Waals surface area contributed by atoms with Crippen LogP contribution in [0.5, 0.6) is 0 Å². The number of hydrogen-bond acceptors (Lipinski definition) is 3. The van der Waals surface area contributed by atoms with Gasteiger partial charge in [-0.2, -0.15) is 5.10 Å². The Morgan fingerprint density at radius 3 is 2.27 bits per heavy atom. The molecule has 5 nitrogen and oxygen atoms in total. The zero-order valence-corrected chi connectivity index (χ0v) is 17.8. The summed E-state index contributed by atoms with van der Waals surface area (Å²) in [5.41, 5.74) is 6.13. The van der Waals surface area contributed by atoms with Gasteiger partial charge in [-0.15, -0.1) is 0 Å². The summed E-state index contributed by atoms with van der Waals surface area (Å²) in [6, 6.07) is 33.1. The first kappa shape index (κ1) is 20.3. The highest BCUT2D eigenvalue weighted by Crippen LogP contribution is 2.25. The van der Waals surface area contributed by atoms with Crippen LogP contribution in [0.1, 0.15) is 21.6 Å². The standard InChI is InChI=1S/C28H22N4O/c33-28(21-10-5-2-6-11-21)30-23-13-7-12-22(18-23)29-24-15-16-25-26(31-32-27(25)19-24)17-14-20-8-3-1-4-9-20/h1-19,29H,(H,30,33)(H,31,32)/b17-14+. The summed E-state index contributed by atoms with van der Waals surface area (Å²) in [5.74, 6) is -0.136. The maximum absolute atomic E-state index is 12.4. The minimum absolute atomic E-state index is 0.136. The Bertz CT molecular complexity index is 1420. The summed E-state index contributed by atoms with van der Waals surface area (Å²) in [7, 11) is 0. The Balaban J connectivity index is 1.31. The van der Waals surface area contributed by atoms with Crippen molar-refractivity contribution in [3.8, 4) is 0 Å². The average molecular weight is 431 g/mol. The van der Waals surface area contributed by atoms with E-state index < -0.39 is 0 Å². The van der Waals surface area contributed by atoms with Crippen molar-refractivity contribution >= 4 is 46.0 Å². The Kier molecular flexibility index (Phi) is 5.68. The molecule has 0 spiro atoms. The van der Waals surface area contributed by atoms with Gasteiger partial charge in [0, 0.05) is 28.0 Å². The molecule has 0 bridgehead atoms. The summed E-state index contributed by atoms with van der Waals surface area (Å²) < 4.78 is 0. The van der Waals surface area contributed by atoms with Gasteiger partial charge in [0.05, 0.1) is 11.2 Å². The molecule has 0 saturated carbocycles. The van der Waals surface area contributed by atoms with Crippen LogP contribution in [-0.2, 0) is 0 Å². The molecule has 0 saturated heterocycles. The second kappa shape index (κ2) is 9.24. The number of aromatic amines is 1. The number of nitrogens with zero attached hydrogens (tertiary/aromatic N) is 1. The number of amides is 1. The van der Waals surface area contributed by atoms with Crippen LogP contribution in [0.3, 0.4) is 0 Å². The lowest BCUT2D eigenvalue weighted by Gasteiger charge is -2.10. The molecule has 0 aliphatic carbocycles. The molecule has 0 aliphatic heterocycles. The zero-order chi connectivity index (χ0) is 22.5. The van der Waals surface area contributed by atoms with E-state index in [9.17, 15) is 4.79 Å². The molecule has 0 unspecified atom stereocenters. The van der Waals surface area contributed by atoms with E-state index in [1.54, 1.807) is 12.1 Å². The van der Waals surface area contributed by atoms with Crippen LogP contribution in [0.4, 0.5) is 17.1 Å². The normalized spacial score (nSPS) is 11.0. The second-order valence-corrected chi connectivity index (χ2v) is 7.64. The number of benzene rings is 4. The number of hydrogen-bond donors (Lipinski definition) is 3. The molecule has 5 rings (SSSR count). The third-order valence-electron chi connectivity index (χ3n) is 5.27. The topological polar surface area (TPSA) is 69.8 Å². The lowest BCUT2D eigenvalue weighted by atomic mass is 10.1. The minimum Gasteiger partial charge on any atom is -0.355 e. The number of anilines is 3. The first-order chi connectivity index (χ1) is 16.2. The number of carbonyl (C=O) groups excluding carboxylic acids is 1. The predicted octanol–water partition coefficient (Wildman–Crippen LogP) is 6.73. The van der Waals surface area contributed by atoms with E-state index in [0.717, 1.165) is 39.2 Å². The number of carbonyl (C=O) groups is 1. The molecule has 0 atom stereocenters. The lowest BCUT2D eigenvalue weighted by molar-refractivity contribution is 0.102. The van der Waals surface area contributed by atoms with Crippen molar-refractivity contribution in [1.82, 2.24) is 10.2 Å². The van der Waals surface area contributed by atoms with Gasteiger partial charge in [0.15, 0.2) is 0 Å². The largest absolute Gasteiger partial charge is 0.355 e. The summed E-state index contributed by atoms with van der Waals surface area (Å²) in [5, 5.41) is 14.9. The van der Waals surface area contributed by atoms with Gasteiger partial charge in [0.1, 0.15) is 0 Å². The van der Waals surface area contributed by atoms with Crippen molar-refractivity contribution in [3.05, 3.63) is 120 Å². The summed E-state index contributed by atoms with van der Waals surface area (Å²) >= 11 is 0. The van der Waals surface area contributed by atoms with E-state index in [-0.39, 0.29) is 5.91 Å². The van der Waals surface area contributed by atoms with E-state index in [0.29, 0.717) is 5.56 Å². The third-order valence-corrected chi connectivity index (χ3v) is 5.27. The fourth-order valence-electron chi connectivity index (χ4n) is 3.62. The zero-order valence-electron chi connectivity index (χ0n) is 17.8. The summed E-state index contributed by atoms with van der Waals surface area (Å²) in [4.78, 5) is 12.4. The van der Waals surface area contributed by atoms with E-state index >= 15 is 0 Å². The van der Waals surface area contributed by atoms with E-state index in [1.165, 1.54) is 0 Å². The monoisotopic (exact) mass is 430 g/mol. The lowest BCUT2D eigenvalue weighted by Crippen LogP contribution is -2.11. The Labute approximate surface area is 191 Å². The second-order valence-electron chi connectivity index (χ2n) is 7.64. The highest BCUT2D eigenvalue weighted by Gasteiger charge is 2.07. The van der Waals surface area contributed by atoms with Gasteiger partial charge < -0.3 is 10.6 Å². The minimum atomic E-state index is -0.136. The van der Waals surface area contributed by atoms with Crippen LogP contribution in [0.25, 0.3) is 23.1 Å². The summed E-state index contributed by atoms with van der Waals surface area (Å²) in [6.45, 7) is 0. The van der Waals surface area contributed by atoms with Crippen LogP contribution in [0, 0.1) is 0 Å². The molecule has 5 aromatic rings. The molecule has 1 heterocycles. The smallest absolute Gasteiger partial charge is 0.255 e. The summed E-state index contributed by atoms with van der Waals surface area (Å²) in [6.07, 6.45) is 4.07. The van der Waals surface area contributed by atoms with E-state index in [1.807, 2.05) is 84.9 Å². The number of fused-ring (bicyclic) bond motifs is 1. The fraction of sp³-hybridized carbons (Fsp3) is 0. The number of aromatic nitrogens is 2. The van der Waals surface area contributed by atoms with Gasteiger partial charge in [-0.1, -0.05) is 60.7 Å². The molecule has 3 N–H and O–H groups in total. The fourth-order valence-corrected chi connectivity index (χ4v) is 3.62. The van der Waals surface area contributed by atoms with E-state index in [4.69, 9.17) is 0 Å². The van der Waals surface area contributed by atoms with Crippen molar-refractivity contribution in [3.63, 3.8) is 0 Å². The van der Waals surface area contributed by atoms with Crippen LogP contribution < -0.4 is 10.6 Å². The Morgan fingerprint density at radius 1 is 0.727 bits per heavy atom. The van der Waals surface area contributed by atoms with Gasteiger partial charge in [-0.25, -0.2) is 0 Å². The molecular weight excluding hydrogens is 408 g/mol. The van der Waals surface area contributed by atoms with Crippen molar-refractivity contribution in [1.29, 1.82) is 0 Å². The predicted molar refractivity (Wildman–Crippen MR) is 136 cm³/mol. The molecule has 1 amide bonds.